The SMILES string of the molecule is Cc1ccc2cccc(CN)c2c1. The number of hydrogen-bond acceptors (Lipinski definition) is 1. The highest BCUT2D eigenvalue weighted by molar-refractivity contribution is 5.86. The average molecular weight is 171 g/mol. The first kappa shape index (κ1) is 8.27. The second-order valence-electron chi connectivity index (χ2n) is 3.35. The summed E-state index contributed by atoms with van der Waals surface area (Å²) in [6.07, 6.45) is 0. The number of rotatable bonds is 1. The molecule has 0 saturated heterocycles. The van der Waals surface area contributed by atoms with Crippen molar-refractivity contribution in [2.24, 2.45) is 5.73 Å². The molecule has 0 spiro atoms. The summed E-state index contributed by atoms with van der Waals surface area (Å²) in [5, 5.41) is 2.55. The molecule has 0 amide bonds. The standard InChI is InChI=1S/C12H13N/c1-9-5-6-10-3-2-4-11(8-13)12(10)7-9/h2-7H,8,13H2,1H3. The molecule has 1 heteroatoms. The van der Waals surface area contributed by atoms with Crippen molar-refractivity contribution in [2.45, 2.75) is 13.5 Å². The fraction of sp³-hybridized carbons (Fsp3) is 0.167. The molecule has 2 rings (SSSR count). The minimum atomic E-state index is 0.612. The molecular formula is C12H13N. The Balaban J connectivity index is 2.79. The molecule has 2 aromatic carbocycles. The summed E-state index contributed by atoms with van der Waals surface area (Å²) in [7, 11) is 0. The van der Waals surface area contributed by atoms with E-state index >= 15 is 0 Å². The van der Waals surface area contributed by atoms with Gasteiger partial charge in [-0.25, -0.2) is 0 Å². The van der Waals surface area contributed by atoms with E-state index < -0.39 is 0 Å². The maximum Gasteiger partial charge on any atom is 0.0184 e. The van der Waals surface area contributed by atoms with Crippen molar-refractivity contribution >= 4 is 10.8 Å². The molecule has 0 fully saturated rings. The minimum Gasteiger partial charge on any atom is -0.326 e. The molecule has 0 aliphatic rings. The third kappa shape index (κ3) is 1.43. The van der Waals surface area contributed by atoms with E-state index in [2.05, 4.69) is 43.3 Å². The Kier molecular flexibility index (Phi) is 2.03. The molecule has 0 unspecified atom stereocenters. The van der Waals surface area contributed by atoms with Crippen molar-refractivity contribution in [2.75, 3.05) is 0 Å². The first-order valence-corrected chi connectivity index (χ1v) is 4.49. The second kappa shape index (κ2) is 3.19. The Hall–Kier alpha value is -1.34. The van der Waals surface area contributed by atoms with Crippen molar-refractivity contribution in [1.29, 1.82) is 0 Å². The molecular weight excluding hydrogens is 158 g/mol. The predicted molar refractivity (Wildman–Crippen MR) is 56.6 cm³/mol. The van der Waals surface area contributed by atoms with Crippen LogP contribution in [0.15, 0.2) is 36.4 Å². The molecule has 0 heterocycles. The lowest BCUT2D eigenvalue weighted by Gasteiger charge is -2.04. The fourth-order valence-corrected chi connectivity index (χ4v) is 1.63. The monoisotopic (exact) mass is 171 g/mol. The van der Waals surface area contributed by atoms with Crippen LogP contribution in [0.2, 0.25) is 0 Å². The molecule has 1 nitrogen and oxygen atoms in total. The number of nitrogens with two attached hydrogens (primary N) is 1. The molecule has 0 aromatic heterocycles. The first-order chi connectivity index (χ1) is 6.31. The van der Waals surface area contributed by atoms with Crippen molar-refractivity contribution in [1.82, 2.24) is 0 Å². The molecule has 2 N–H and O–H groups in total. The Labute approximate surface area is 78.2 Å². The maximum absolute atomic E-state index is 5.67. The first-order valence-electron chi connectivity index (χ1n) is 4.49. The van der Waals surface area contributed by atoms with Gasteiger partial charge in [-0.05, 0) is 23.3 Å². The summed E-state index contributed by atoms with van der Waals surface area (Å²) >= 11 is 0. The highest BCUT2D eigenvalue weighted by Crippen LogP contribution is 2.19. The smallest absolute Gasteiger partial charge is 0.0184 e. The van der Waals surface area contributed by atoms with Crippen LogP contribution >= 0.6 is 0 Å². The third-order valence-electron chi connectivity index (χ3n) is 2.35. The maximum atomic E-state index is 5.67. The summed E-state index contributed by atoms with van der Waals surface area (Å²) < 4.78 is 0. The normalized spacial score (nSPS) is 10.6. The van der Waals surface area contributed by atoms with Crippen LogP contribution in [0.5, 0.6) is 0 Å². The van der Waals surface area contributed by atoms with E-state index in [0.29, 0.717) is 6.54 Å². The van der Waals surface area contributed by atoms with Gasteiger partial charge < -0.3 is 5.73 Å². The molecule has 0 aliphatic carbocycles. The lowest BCUT2D eigenvalue weighted by molar-refractivity contribution is 1.09. The van der Waals surface area contributed by atoms with E-state index in [0.717, 1.165) is 0 Å². The van der Waals surface area contributed by atoms with E-state index in [1.807, 2.05) is 0 Å². The zero-order valence-electron chi connectivity index (χ0n) is 7.75. The van der Waals surface area contributed by atoms with Crippen LogP contribution in [0, 0.1) is 6.92 Å². The van der Waals surface area contributed by atoms with Crippen molar-refractivity contribution in [3.05, 3.63) is 47.5 Å². The van der Waals surface area contributed by atoms with E-state index in [4.69, 9.17) is 5.73 Å². The topological polar surface area (TPSA) is 26.0 Å². The van der Waals surface area contributed by atoms with Crippen molar-refractivity contribution in [3.8, 4) is 0 Å². The van der Waals surface area contributed by atoms with Gasteiger partial charge in [0.2, 0.25) is 0 Å². The molecule has 0 atom stereocenters. The Bertz CT molecular complexity index is 432. The Morgan fingerprint density at radius 1 is 1.15 bits per heavy atom. The molecule has 66 valence electrons. The quantitative estimate of drug-likeness (QED) is 0.701. The second-order valence-corrected chi connectivity index (χ2v) is 3.35. The van der Waals surface area contributed by atoms with Gasteiger partial charge in [0.05, 0.1) is 0 Å². The predicted octanol–water partition coefficient (Wildman–Crippen LogP) is 2.61. The number of benzene rings is 2. The van der Waals surface area contributed by atoms with Gasteiger partial charge in [0.1, 0.15) is 0 Å². The van der Waals surface area contributed by atoms with E-state index in [1.165, 1.54) is 21.9 Å². The van der Waals surface area contributed by atoms with Gasteiger partial charge in [0, 0.05) is 6.54 Å². The Morgan fingerprint density at radius 3 is 2.77 bits per heavy atom. The molecule has 0 radical (unpaired) electrons. The number of fused-ring (bicyclic) bond motifs is 1. The fourth-order valence-electron chi connectivity index (χ4n) is 1.63. The largest absolute Gasteiger partial charge is 0.326 e. The van der Waals surface area contributed by atoms with E-state index in [9.17, 15) is 0 Å². The van der Waals surface area contributed by atoms with Crippen LogP contribution < -0.4 is 5.73 Å². The van der Waals surface area contributed by atoms with Gasteiger partial charge >= 0.3 is 0 Å². The van der Waals surface area contributed by atoms with Crippen LogP contribution in [0.25, 0.3) is 10.8 Å². The summed E-state index contributed by atoms with van der Waals surface area (Å²) in [4.78, 5) is 0. The number of hydrogen-bond donors (Lipinski definition) is 1. The van der Waals surface area contributed by atoms with E-state index in [1.54, 1.807) is 0 Å². The molecule has 0 saturated carbocycles. The molecule has 0 bridgehead atoms. The number of aryl methyl sites for hydroxylation is 1. The zero-order valence-corrected chi connectivity index (χ0v) is 7.75. The highest BCUT2D eigenvalue weighted by atomic mass is 14.5. The van der Waals surface area contributed by atoms with E-state index in [-0.39, 0.29) is 0 Å². The van der Waals surface area contributed by atoms with Gasteiger partial charge in [-0.15, -0.1) is 0 Å². The van der Waals surface area contributed by atoms with Crippen LogP contribution in [0.4, 0.5) is 0 Å². The van der Waals surface area contributed by atoms with Crippen LogP contribution in [0.1, 0.15) is 11.1 Å². The van der Waals surface area contributed by atoms with Crippen LogP contribution in [-0.4, -0.2) is 0 Å². The molecule has 2 aromatic rings. The van der Waals surface area contributed by atoms with Gasteiger partial charge in [-0.2, -0.15) is 0 Å². The average Bonchev–Trinajstić information content (AvgIpc) is 2.17. The van der Waals surface area contributed by atoms with Crippen molar-refractivity contribution < 1.29 is 0 Å². The van der Waals surface area contributed by atoms with Gasteiger partial charge in [0.25, 0.3) is 0 Å². The van der Waals surface area contributed by atoms with Crippen LogP contribution in [0.3, 0.4) is 0 Å². The molecule has 0 aliphatic heterocycles. The lowest BCUT2D eigenvalue weighted by Crippen LogP contribution is -1.96. The van der Waals surface area contributed by atoms with Gasteiger partial charge in [-0.1, -0.05) is 42.0 Å². The molecule has 13 heavy (non-hydrogen) atoms. The van der Waals surface area contributed by atoms with Gasteiger partial charge in [-0.3, -0.25) is 0 Å². The summed E-state index contributed by atoms with van der Waals surface area (Å²) in [6.45, 7) is 2.72. The third-order valence-corrected chi connectivity index (χ3v) is 2.35. The highest BCUT2D eigenvalue weighted by Gasteiger charge is 1.98. The summed E-state index contributed by atoms with van der Waals surface area (Å²) in [6, 6.07) is 12.7. The van der Waals surface area contributed by atoms with Crippen molar-refractivity contribution in [3.63, 3.8) is 0 Å². The Morgan fingerprint density at radius 2 is 2.00 bits per heavy atom. The lowest BCUT2D eigenvalue weighted by atomic mass is 10.0. The van der Waals surface area contributed by atoms with Gasteiger partial charge in [0.15, 0.2) is 0 Å². The minimum absolute atomic E-state index is 0.612. The summed E-state index contributed by atoms with van der Waals surface area (Å²) in [5.74, 6) is 0. The summed E-state index contributed by atoms with van der Waals surface area (Å²) in [5.41, 5.74) is 8.17. The zero-order chi connectivity index (χ0) is 9.26. The van der Waals surface area contributed by atoms with Crippen LogP contribution in [-0.2, 0) is 6.54 Å².